The van der Waals surface area contributed by atoms with Crippen molar-refractivity contribution in [1.29, 1.82) is 0 Å². The van der Waals surface area contributed by atoms with E-state index in [-0.39, 0.29) is 22.7 Å². The Morgan fingerprint density at radius 3 is 2.27 bits per heavy atom. The van der Waals surface area contributed by atoms with Crippen LogP contribution in [0.4, 0.5) is 10.5 Å². The van der Waals surface area contributed by atoms with E-state index >= 15 is 0 Å². The zero-order valence-electron chi connectivity index (χ0n) is 16.6. The van der Waals surface area contributed by atoms with Crippen LogP contribution in [-0.2, 0) is 9.53 Å². The molecule has 1 fully saturated rings. The summed E-state index contributed by atoms with van der Waals surface area (Å²) in [5.74, 6) is -0.251. The molecule has 26 heavy (non-hydrogen) atoms. The normalized spacial score (nSPS) is 17.9. The largest absolute Gasteiger partial charge is 0.444 e. The van der Waals surface area contributed by atoms with Gasteiger partial charge in [0, 0.05) is 28.4 Å². The fourth-order valence-corrected chi connectivity index (χ4v) is 3.65. The zero-order chi connectivity index (χ0) is 19.5. The van der Waals surface area contributed by atoms with Crippen LogP contribution in [0, 0.1) is 5.92 Å². The van der Waals surface area contributed by atoms with Crippen molar-refractivity contribution in [3.63, 3.8) is 0 Å². The lowest BCUT2D eigenvalue weighted by molar-refractivity contribution is -0.119. The first-order chi connectivity index (χ1) is 11.9. The van der Waals surface area contributed by atoms with E-state index in [9.17, 15) is 9.59 Å². The smallest absolute Gasteiger partial charge is 0.410 e. The predicted octanol–water partition coefficient (Wildman–Crippen LogP) is 4.77. The number of thioether (sulfide) groups is 1. The first kappa shape index (κ1) is 20.6. The number of likely N-dealkylation sites (tertiary alicyclic amines) is 1. The highest BCUT2D eigenvalue weighted by Crippen LogP contribution is 2.32. The SMILES string of the molecule is CC(C)(C)OC(=O)N1CCC(C(=O)Nc2ccc(SC(C)(C)C)cc2)C1. The minimum Gasteiger partial charge on any atom is -0.444 e. The Balaban J connectivity index is 1.88. The Morgan fingerprint density at radius 1 is 1.12 bits per heavy atom. The van der Waals surface area contributed by atoms with E-state index in [0.717, 1.165) is 5.69 Å². The predicted molar refractivity (Wildman–Crippen MR) is 107 cm³/mol. The van der Waals surface area contributed by atoms with E-state index in [1.165, 1.54) is 4.90 Å². The second-order valence-electron chi connectivity index (χ2n) is 8.64. The Kier molecular flexibility index (Phi) is 6.27. The van der Waals surface area contributed by atoms with Gasteiger partial charge in [0.25, 0.3) is 0 Å². The number of amides is 2. The highest BCUT2D eigenvalue weighted by molar-refractivity contribution is 8.00. The van der Waals surface area contributed by atoms with E-state index in [4.69, 9.17) is 4.74 Å². The zero-order valence-corrected chi connectivity index (χ0v) is 17.4. The topological polar surface area (TPSA) is 58.6 Å². The second-order valence-corrected chi connectivity index (χ2v) is 10.5. The van der Waals surface area contributed by atoms with Crippen LogP contribution < -0.4 is 5.32 Å². The molecule has 1 aliphatic heterocycles. The van der Waals surface area contributed by atoms with Crippen molar-refractivity contribution in [2.24, 2.45) is 5.92 Å². The number of carbonyl (C=O) groups excluding carboxylic acids is 2. The molecule has 2 amide bonds. The molecule has 0 radical (unpaired) electrons. The van der Waals surface area contributed by atoms with Crippen LogP contribution in [0.25, 0.3) is 0 Å². The molecule has 144 valence electrons. The maximum absolute atomic E-state index is 12.5. The lowest BCUT2D eigenvalue weighted by Crippen LogP contribution is -2.36. The van der Waals surface area contributed by atoms with Crippen LogP contribution in [0.2, 0.25) is 0 Å². The van der Waals surface area contributed by atoms with Crippen LogP contribution in [0.5, 0.6) is 0 Å². The van der Waals surface area contributed by atoms with Crippen LogP contribution in [0.3, 0.4) is 0 Å². The highest BCUT2D eigenvalue weighted by atomic mass is 32.2. The summed E-state index contributed by atoms with van der Waals surface area (Å²) in [5, 5.41) is 2.95. The maximum atomic E-state index is 12.5. The van der Waals surface area contributed by atoms with Crippen LogP contribution in [0.1, 0.15) is 48.0 Å². The molecule has 0 bridgehead atoms. The Bertz CT molecular complexity index is 645. The van der Waals surface area contributed by atoms with Crippen molar-refractivity contribution in [2.45, 2.75) is 63.2 Å². The van der Waals surface area contributed by atoms with Crippen molar-refractivity contribution < 1.29 is 14.3 Å². The number of ether oxygens (including phenoxy) is 1. The maximum Gasteiger partial charge on any atom is 0.410 e. The quantitative estimate of drug-likeness (QED) is 0.770. The molecular weight excluding hydrogens is 348 g/mol. The number of benzene rings is 1. The molecule has 1 unspecified atom stereocenters. The summed E-state index contributed by atoms with van der Waals surface area (Å²) in [5.41, 5.74) is 0.258. The Labute approximate surface area is 160 Å². The summed E-state index contributed by atoms with van der Waals surface area (Å²) >= 11 is 1.79. The van der Waals surface area contributed by atoms with Crippen LogP contribution >= 0.6 is 11.8 Å². The van der Waals surface area contributed by atoms with Gasteiger partial charge in [0.05, 0.1) is 5.92 Å². The summed E-state index contributed by atoms with van der Waals surface area (Å²) in [6, 6.07) is 7.89. The van der Waals surface area contributed by atoms with Crippen LogP contribution in [-0.4, -0.2) is 40.3 Å². The molecule has 1 aromatic rings. The third-order valence-electron chi connectivity index (χ3n) is 3.76. The van der Waals surface area contributed by atoms with Crippen molar-refractivity contribution in [2.75, 3.05) is 18.4 Å². The molecule has 0 saturated carbocycles. The molecule has 1 saturated heterocycles. The van der Waals surface area contributed by atoms with E-state index in [1.54, 1.807) is 16.7 Å². The average Bonchev–Trinajstić information content (AvgIpc) is 2.96. The van der Waals surface area contributed by atoms with E-state index in [2.05, 4.69) is 26.1 Å². The molecule has 1 heterocycles. The lowest BCUT2D eigenvalue weighted by atomic mass is 10.1. The Morgan fingerprint density at radius 2 is 1.73 bits per heavy atom. The molecule has 0 spiro atoms. The van der Waals surface area contributed by atoms with Gasteiger partial charge in [-0.05, 0) is 51.5 Å². The van der Waals surface area contributed by atoms with Gasteiger partial charge in [-0.2, -0.15) is 0 Å². The van der Waals surface area contributed by atoms with Crippen LogP contribution in [0.15, 0.2) is 29.2 Å². The third-order valence-corrected chi connectivity index (χ3v) is 4.88. The van der Waals surface area contributed by atoms with Crippen molar-refractivity contribution in [1.82, 2.24) is 4.90 Å². The fourth-order valence-electron chi connectivity index (χ4n) is 2.67. The molecule has 2 rings (SSSR count). The van der Waals surface area contributed by atoms with E-state index < -0.39 is 5.60 Å². The number of hydrogen-bond acceptors (Lipinski definition) is 4. The standard InChI is InChI=1S/C20H30N2O3S/c1-19(2,3)25-18(24)22-12-11-14(13-22)17(23)21-15-7-9-16(10-8-15)26-20(4,5)6/h7-10,14H,11-13H2,1-6H3,(H,21,23). The molecular formula is C20H30N2O3S. The molecule has 1 aromatic carbocycles. The van der Waals surface area contributed by atoms with Gasteiger partial charge in [-0.25, -0.2) is 4.79 Å². The van der Waals surface area contributed by atoms with Crippen molar-refractivity contribution >= 4 is 29.4 Å². The van der Waals surface area contributed by atoms with Gasteiger partial charge in [-0.15, -0.1) is 11.8 Å². The summed E-state index contributed by atoms with van der Waals surface area (Å²) < 4.78 is 5.53. The van der Waals surface area contributed by atoms with Gasteiger partial charge in [0.1, 0.15) is 5.60 Å². The van der Waals surface area contributed by atoms with Gasteiger partial charge < -0.3 is 15.0 Å². The van der Waals surface area contributed by atoms with Gasteiger partial charge in [-0.1, -0.05) is 20.8 Å². The number of nitrogens with zero attached hydrogens (tertiary/aromatic N) is 1. The lowest BCUT2D eigenvalue weighted by Gasteiger charge is -2.24. The molecule has 5 nitrogen and oxygen atoms in total. The molecule has 0 aliphatic carbocycles. The van der Waals surface area contributed by atoms with Crippen molar-refractivity contribution in [3.05, 3.63) is 24.3 Å². The first-order valence-corrected chi connectivity index (χ1v) is 9.82. The van der Waals surface area contributed by atoms with Crippen molar-refractivity contribution in [3.8, 4) is 0 Å². The summed E-state index contributed by atoms with van der Waals surface area (Å²) in [6.07, 6.45) is 0.305. The van der Waals surface area contributed by atoms with Gasteiger partial charge >= 0.3 is 6.09 Å². The molecule has 1 atom stereocenters. The Hall–Kier alpha value is -1.69. The fraction of sp³-hybridized carbons (Fsp3) is 0.600. The average molecular weight is 379 g/mol. The minimum atomic E-state index is -0.524. The summed E-state index contributed by atoms with van der Waals surface area (Å²) in [7, 11) is 0. The van der Waals surface area contributed by atoms with E-state index in [0.29, 0.717) is 19.5 Å². The van der Waals surface area contributed by atoms with Gasteiger partial charge in [-0.3, -0.25) is 4.79 Å². The summed E-state index contributed by atoms with van der Waals surface area (Å²) in [4.78, 5) is 27.4. The molecule has 6 heteroatoms. The number of rotatable bonds is 3. The number of carbonyl (C=O) groups is 2. The van der Waals surface area contributed by atoms with Gasteiger partial charge in [0.15, 0.2) is 0 Å². The number of anilines is 1. The van der Waals surface area contributed by atoms with Gasteiger partial charge in [0.2, 0.25) is 5.91 Å². The molecule has 1 N–H and O–H groups in total. The second kappa shape index (κ2) is 7.91. The number of hydrogen-bond donors (Lipinski definition) is 1. The van der Waals surface area contributed by atoms with E-state index in [1.807, 2.05) is 45.0 Å². The summed E-state index contributed by atoms with van der Waals surface area (Å²) in [6.45, 7) is 13.0. The molecule has 0 aromatic heterocycles. The minimum absolute atomic E-state index is 0.0488. The monoisotopic (exact) mass is 378 g/mol. The third kappa shape index (κ3) is 6.56. The first-order valence-electron chi connectivity index (χ1n) is 9.01. The number of nitrogens with one attached hydrogen (secondary N) is 1. The molecule has 1 aliphatic rings. The highest BCUT2D eigenvalue weighted by Gasteiger charge is 2.33.